The van der Waals surface area contributed by atoms with Gasteiger partial charge in [0.1, 0.15) is 5.75 Å². The molecule has 0 aliphatic heterocycles. The van der Waals surface area contributed by atoms with Crippen molar-refractivity contribution in [3.8, 4) is 5.75 Å². The standard InChI is InChI=1S/C18H19BrN2O2S/c1-3-23-16-10-9-14(19)11-15(16)17(22)21-18(24)20-12(2)13-7-5-4-6-8-13/h4-12H,3H2,1-2H3,(H2,20,21,22,24). The first-order valence-corrected chi connectivity index (χ1v) is 8.80. The molecule has 2 rings (SSSR count). The van der Waals surface area contributed by atoms with Crippen LogP contribution in [0.4, 0.5) is 0 Å². The third-order valence-corrected chi connectivity index (χ3v) is 4.07. The Balaban J connectivity index is 2.04. The molecular formula is C18H19BrN2O2S. The van der Waals surface area contributed by atoms with Gasteiger partial charge in [-0.15, -0.1) is 0 Å². The Morgan fingerprint density at radius 3 is 2.62 bits per heavy atom. The number of carbonyl (C=O) groups is 1. The second-order valence-corrected chi connectivity index (χ2v) is 6.46. The largest absolute Gasteiger partial charge is 0.493 e. The zero-order valence-electron chi connectivity index (χ0n) is 13.5. The van der Waals surface area contributed by atoms with Crippen molar-refractivity contribution >= 4 is 39.2 Å². The predicted octanol–water partition coefficient (Wildman–Crippen LogP) is 4.21. The van der Waals surface area contributed by atoms with Crippen LogP contribution in [0.3, 0.4) is 0 Å². The summed E-state index contributed by atoms with van der Waals surface area (Å²) in [7, 11) is 0. The van der Waals surface area contributed by atoms with Gasteiger partial charge in [0.2, 0.25) is 0 Å². The Morgan fingerprint density at radius 1 is 1.25 bits per heavy atom. The SMILES string of the molecule is CCOc1ccc(Br)cc1C(=O)NC(=S)NC(C)c1ccccc1. The van der Waals surface area contributed by atoms with Crippen molar-refractivity contribution in [3.05, 3.63) is 64.1 Å². The second kappa shape index (κ2) is 8.80. The summed E-state index contributed by atoms with van der Waals surface area (Å²) in [6.07, 6.45) is 0. The van der Waals surface area contributed by atoms with Crippen molar-refractivity contribution in [2.24, 2.45) is 0 Å². The van der Waals surface area contributed by atoms with E-state index in [1.807, 2.05) is 50.2 Å². The van der Waals surface area contributed by atoms with Crippen molar-refractivity contribution in [1.82, 2.24) is 10.6 Å². The summed E-state index contributed by atoms with van der Waals surface area (Å²) < 4.78 is 6.30. The molecule has 0 aromatic heterocycles. The lowest BCUT2D eigenvalue weighted by molar-refractivity contribution is 0.0972. The average molecular weight is 407 g/mol. The smallest absolute Gasteiger partial charge is 0.261 e. The first-order valence-electron chi connectivity index (χ1n) is 7.60. The molecular weight excluding hydrogens is 388 g/mol. The normalized spacial score (nSPS) is 11.5. The third-order valence-electron chi connectivity index (χ3n) is 3.36. The molecule has 0 aliphatic carbocycles. The van der Waals surface area contributed by atoms with Crippen LogP contribution in [0, 0.1) is 0 Å². The molecule has 0 heterocycles. The van der Waals surface area contributed by atoms with Crippen LogP contribution in [0.15, 0.2) is 53.0 Å². The zero-order chi connectivity index (χ0) is 17.5. The van der Waals surface area contributed by atoms with Gasteiger partial charge in [-0.2, -0.15) is 0 Å². The highest BCUT2D eigenvalue weighted by Gasteiger charge is 2.15. The Bertz CT molecular complexity index is 722. The van der Waals surface area contributed by atoms with Crippen LogP contribution in [0.2, 0.25) is 0 Å². The Hall–Kier alpha value is -1.92. The van der Waals surface area contributed by atoms with Gasteiger partial charge in [-0.1, -0.05) is 46.3 Å². The molecule has 0 saturated carbocycles. The zero-order valence-corrected chi connectivity index (χ0v) is 15.9. The molecule has 2 N–H and O–H groups in total. The summed E-state index contributed by atoms with van der Waals surface area (Å²) in [6, 6.07) is 15.2. The fourth-order valence-corrected chi connectivity index (χ4v) is 2.82. The minimum Gasteiger partial charge on any atom is -0.493 e. The molecule has 0 spiro atoms. The van der Waals surface area contributed by atoms with E-state index in [1.165, 1.54) is 0 Å². The number of halogens is 1. The molecule has 4 nitrogen and oxygen atoms in total. The van der Waals surface area contributed by atoms with Gasteiger partial charge < -0.3 is 10.1 Å². The monoisotopic (exact) mass is 406 g/mol. The maximum absolute atomic E-state index is 12.5. The number of hydrogen-bond donors (Lipinski definition) is 2. The van der Waals surface area contributed by atoms with Crippen molar-refractivity contribution in [1.29, 1.82) is 0 Å². The van der Waals surface area contributed by atoms with Crippen LogP contribution in [-0.2, 0) is 0 Å². The van der Waals surface area contributed by atoms with E-state index in [1.54, 1.807) is 12.1 Å². The van der Waals surface area contributed by atoms with Crippen molar-refractivity contribution in [2.75, 3.05) is 6.61 Å². The average Bonchev–Trinajstić information content (AvgIpc) is 2.57. The molecule has 1 unspecified atom stereocenters. The lowest BCUT2D eigenvalue weighted by atomic mass is 10.1. The minimum absolute atomic E-state index is 0.00660. The van der Waals surface area contributed by atoms with E-state index in [0.717, 1.165) is 10.0 Å². The van der Waals surface area contributed by atoms with E-state index in [2.05, 4.69) is 26.6 Å². The fraction of sp³-hybridized carbons (Fsp3) is 0.222. The predicted molar refractivity (Wildman–Crippen MR) is 103 cm³/mol. The van der Waals surface area contributed by atoms with E-state index in [-0.39, 0.29) is 17.1 Å². The molecule has 1 atom stereocenters. The number of carbonyl (C=O) groups excluding carboxylic acids is 1. The van der Waals surface area contributed by atoms with Gasteiger partial charge in [0.05, 0.1) is 18.2 Å². The molecule has 2 aromatic rings. The van der Waals surface area contributed by atoms with Crippen molar-refractivity contribution < 1.29 is 9.53 Å². The molecule has 2 aromatic carbocycles. The van der Waals surface area contributed by atoms with Gasteiger partial charge in [-0.05, 0) is 49.8 Å². The lowest BCUT2D eigenvalue weighted by Gasteiger charge is -2.17. The van der Waals surface area contributed by atoms with Gasteiger partial charge in [0, 0.05) is 4.47 Å². The molecule has 24 heavy (non-hydrogen) atoms. The first-order chi connectivity index (χ1) is 11.5. The highest BCUT2D eigenvalue weighted by atomic mass is 79.9. The highest BCUT2D eigenvalue weighted by Crippen LogP contribution is 2.23. The molecule has 0 bridgehead atoms. The van der Waals surface area contributed by atoms with Gasteiger partial charge in [-0.3, -0.25) is 10.1 Å². The van der Waals surface area contributed by atoms with Gasteiger partial charge in [-0.25, -0.2) is 0 Å². The van der Waals surface area contributed by atoms with Gasteiger partial charge in [0.15, 0.2) is 5.11 Å². The van der Waals surface area contributed by atoms with E-state index < -0.39 is 0 Å². The summed E-state index contributed by atoms with van der Waals surface area (Å²) in [5.74, 6) is 0.217. The van der Waals surface area contributed by atoms with Crippen molar-refractivity contribution in [2.45, 2.75) is 19.9 Å². The molecule has 0 aliphatic rings. The van der Waals surface area contributed by atoms with Crippen LogP contribution < -0.4 is 15.4 Å². The van der Waals surface area contributed by atoms with Crippen LogP contribution in [0.1, 0.15) is 35.8 Å². The molecule has 0 fully saturated rings. The molecule has 0 radical (unpaired) electrons. The molecule has 1 amide bonds. The van der Waals surface area contributed by atoms with E-state index in [4.69, 9.17) is 17.0 Å². The number of nitrogens with one attached hydrogen (secondary N) is 2. The number of benzene rings is 2. The van der Waals surface area contributed by atoms with Crippen LogP contribution in [-0.4, -0.2) is 17.6 Å². The van der Waals surface area contributed by atoms with Crippen LogP contribution in [0.25, 0.3) is 0 Å². The Morgan fingerprint density at radius 2 is 1.96 bits per heavy atom. The molecule has 6 heteroatoms. The van der Waals surface area contributed by atoms with Crippen LogP contribution in [0.5, 0.6) is 5.75 Å². The maximum atomic E-state index is 12.5. The highest BCUT2D eigenvalue weighted by molar-refractivity contribution is 9.10. The topological polar surface area (TPSA) is 50.4 Å². The number of hydrogen-bond acceptors (Lipinski definition) is 3. The van der Waals surface area contributed by atoms with Crippen LogP contribution >= 0.6 is 28.1 Å². The fourth-order valence-electron chi connectivity index (χ4n) is 2.19. The molecule has 126 valence electrons. The van der Waals surface area contributed by atoms with Gasteiger partial charge >= 0.3 is 0 Å². The number of amides is 1. The van der Waals surface area contributed by atoms with E-state index in [0.29, 0.717) is 17.9 Å². The quantitative estimate of drug-likeness (QED) is 0.729. The Kier molecular flexibility index (Phi) is 6.75. The summed E-state index contributed by atoms with van der Waals surface area (Å²) in [4.78, 5) is 12.5. The first kappa shape index (κ1) is 18.4. The third kappa shape index (κ3) is 5.04. The van der Waals surface area contributed by atoms with Gasteiger partial charge in [0.25, 0.3) is 5.91 Å². The summed E-state index contributed by atoms with van der Waals surface area (Å²) in [5, 5.41) is 6.09. The second-order valence-electron chi connectivity index (χ2n) is 5.13. The minimum atomic E-state index is -0.308. The number of rotatable bonds is 5. The van der Waals surface area contributed by atoms with E-state index >= 15 is 0 Å². The Labute approximate surface area is 155 Å². The summed E-state index contributed by atoms with van der Waals surface area (Å²) >= 11 is 8.62. The summed E-state index contributed by atoms with van der Waals surface area (Å²) in [6.45, 7) is 4.34. The summed E-state index contributed by atoms with van der Waals surface area (Å²) in [5.41, 5.74) is 1.52. The number of ether oxygens (including phenoxy) is 1. The molecule has 0 saturated heterocycles. The van der Waals surface area contributed by atoms with Crippen molar-refractivity contribution in [3.63, 3.8) is 0 Å². The maximum Gasteiger partial charge on any atom is 0.261 e. The van der Waals surface area contributed by atoms with E-state index in [9.17, 15) is 4.79 Å². The number of thiocarbonyl (C=S) groups is 1. The lowest BCUT2D eigenvalue weighted by Crippen LogP contribution is -2.40.